The SMILES string of the molecule is COC(=O)C1CCC(ON2CCCC2C(O)C(=O)OC(C)(C)C)CC1. The molecule has 2 aliphatic rings. The number of carbonyl (C=O) groups is 2. The zero-order chi connectivity index (χ0) is 18.6. The van der Waals surface area contributed by atoms with Gasteiger partial charge in [0.05, 0.1) is 25.2 Å². The maximum absolute atomic E-state index is 12.1. The second-order valence-electron chi connectivity index (χ2n) is 7.93. The van der Waals surface area contributed by atoms with Crippen LogP contribution in [0, 0.1) is 5.92 Å². The van der Waals surface area contributed by atoms with E-state index in [1.165, 1.54) is 7.11 Å². The zero-order valence-corrected chi connectivity index (χ0v) is 15.7. The first-order chi connectivity index (χ1) is 11.7. The van der Waals surface area contributed by atoms with Crippen molar-refractivity contribution in [2.75, 3.05) is 13.7 Å². The topological polar surface area (TPSA) is 85.3 Å². The van der Waals surface area contributed by atoms with E-state index in [0.717, 1.165) is 32.1 Å². The second-order valence-corrected chi connectivity index (χ2v) is 7.93. The number of methoxy groups -OCH3 is 1. The summed E-state index contributed by atoms with van der Waals surface area (Å²) in [5.41, 5.74) is -0.630. The number of esters is 2. The van der Waals surface area contributed by atoms with Gasteiger partial charge in [-0.25, -0.2) is 4.79 Å². The molecule has 1 saturated heterocycles. The number of hydrogen-bond donors (Lipinski definition) is 1. The maximum Gasteiger partial charge on any atom is 0.337 e. The molecule has 2 unspecified atom stereocenters. The molecule has 7 heteroatoms. The summed E-state index contributed by atoms with van der Waals surface area (Å²) in [5, 5.41) is 12.1. The van der Waals surface area contributed by atoms with Crippen LogP contribution in [-0.4, -0.2) is 59.6 Å². The lowest BCUT2D eigenvalue weighted by atomic mass is 9.87. The lowest BCUT2D eigenvalue weighted by molar-refractivity contribution is -0.232. The summed E-state index contributed by atoms with van der Waals surface area (Å²) >= 11 is 0. The van der Waals surface area contributed by atoms with Crippen LogP contribution in [-0.2, 0) is 23.9 Å². The molecule has 144 valence electrons. The highest BCUT2D eigenvalue weighted by molar-refractivity contribution is 5.75. The zero-order valence-electron chi connectivity index (χ0n) is 15.7. The molecule has 0 aromatic heterocycles. The predicted molar refractivity (Wildman–Crippen MR) is 90.4 cm³/mol. The molecule has 2 fully saturated rings. The number of carbonyl (C=O) groups excluding carboxylic acids is 2. The number of nitrogens with zero attached hydrogens (tertiary/aromatic N) is 1. The van der Waals surface area contributed by atoms with E-state index in [0.29, 0.717) is 13.0 Å². The Balaban J connectivity index is 1.85. The van der Waals surface area contributed by atoms with Gasteiger partial charge in [-0.1, -0.05) is 0 Å². The first-order valence-corrected chi connectivity index (χ1v) is 9.13. The summed E-state index contributed by atoms with van der Waals surface area (Å²) in [7, 11) is 1.41. The van der Waals surface area contributed by atoms with Gasteiger partial charge < -0.3 is 14.6 Å². The molecule has 1 aliphatic heterocycles. The Bertz CT molecular complexity index is 467. The summed E-state index contributed by atoms with van der Waals surface area (Å²) in [6, 6.07) is -0.381. The molecule has 0 aromatic rings. The number of rotatable bonds is 5. The van der Waals surface area contributed by atoms with Crippen molar-refractivity contribution in [3.05, 3.63) is 0 Å². The van der Waals surface area contributed by atoms with Gasteiger partial charge in [-0.05, 0) is 59.3 Å². The molecule has 2 atom stereocenters. The normalized spacial score (nSPS) is 29.2. The van der Waals surface area contributed by atoms with Crippen molar-refractivity contribution in [3.63, 3.8) is 0 Å². The van der Waals surface area contributed by atoms with Crippen LogP contribution in [0.25, 0.3) is 0 Å². The molecule has 0 amide bonds. The van der Waals surface area contributed by atoms with Crippen LogP contribution in [0.5, 0.6) is 0 Å². The van der Waals surface area contributed by atoms with E-state index in [-0.39, 0.29) is 24.0 Å². The summed E-state index contributed by atoms with van der Waals surface area (Å²) in [6.45, 7) is 6.02. The minimum atomic E-state index is -1.21. The largest absolute Gasteiger partial charge is 0.469 e. The van der Waals surface area contributed by atoms with Crippen molar-refractivity contribution in [2.45, 2.75) is 83.1 Å². The first kappa shape index (κ1) is 20.1. The Labute approximate surface area is 149 Å². The van der Waals surface area contributed by atoms with Gasteiger partial charge in [-0.15, -0.1) is 0 Å². The number of ether oxygens (including phenoxy) is 2. The van der Waals surface area contributed by atoms with Gasteiger partial charge in [0.1, 0.15) is 5.60 Å². The Morgan fingerprint density at radius 2 is 1.76 bits per heavy atom. The average Bonchev–Trinajstić information content (AvgIpc) is 3.00. The third-order valence-corrected chi connectivity index (χ3v) is 4.75. The fourth-order valence-corrected chi connectivity index (χ4v) is 3.49. The van der Waals surface area contributed by atoms with Gasteiger partial charge in [0.25, 0.3) is 0 Å². The highest BCUT2D eigenvalue weighted by atomic mass is 16.7. The van der Waals surface area contributed by atoms with Gasteiger partial charge >= 0.3 is 11.9 Å². The van der Waals surface area contributed by atoms with E-state index in [1.54, 1.807) is 25.8 Å². The van der Waals surface area contributed by atoms with Crippen molar-refractivity contribution in [1.29, 1.82) is 0 Å². The smallest absolute Gasteiger partial charge is 0.337 e. The summed E-state index contributed by atoms with van der Waals surface area (Å²) in [4.78, 5) is 29.8. The average molecular weight is 357 g/mol. The van der Waals surface area contributed by atoms with Crippen LogP contribution in [0.2, 0.25) is 0 Å². The number of hydroxylamine groups is 2. The van der Waals surface area contributed by atoms with Crippen molar-refractivity contribution < 1.29 is 29.0 Å². The predicted octanol–water partition coefficient (Wildman–Crippen LogP) is 1.82. The number of aliphatic hydroxyl groups is 1. The minimum absolute atomic E-state index is 0.00680. The van der Waals surface area contributed by atoms with Crippen LogP contribution in [0.1, 0.15) is 59.3 Å². The fraction of sp³-hybridized carbons (Fsp3) is 0.889. The van der Waals surface area contributed by atoms with Gasteiger partial charge in [-0.3, -0.25) is 9.63 Å². The Morgan fingerprint density at radius 3 is 2.32 bits per heavy atom. The maximum atomic E-state index is 12.1. The van der Waals surface area contributed by atoms with E-state index in [9.17, 15) is 14.7 Å². The van der Waals surface area contributed by atoms with Crippen LogP contribution >= 0.6 is 0 Å². The van der Waals surface area contributed by atoms with E-state index in [1.807, 2.05) is 0 Å². The molecule has 7 nitrogen and oxygen atoms in total. The monoisotopic (exact) mass is 357 g/mol. The third-order valence-electron chi connectivity index (χ3n) is 4.75. The van der Waals surface area contributed by atoms with Gasteiger partial charge in [0.15, 0.2) is 6.10 Å². The lowest BCUT2D eigenvalue weighted by Gasteiger charge is -2.34. The van der Waals surface area contributed by atoms with Crippen molar-refractivity contribution >= 4 is 11.9 Å². The summed E-state index contributed by atoms with van der Waals surface area (Å²) < 4.78 is 10.1. The van der Waals surface area contributed by atoms with Crippen LogP contribution in [0.3, 0.4) is 0 Å². The van der Waals surface area contributed by atoms with Crippen LogP contribution in [0.4, 0.5) is 0 Å². The molecule has 25 heavy (non-hydrogen) atoms. The first-order valence-electron chi connectivity index (χ1n) is 9.13. The highest BCUT2D eigenvalue weighted by Gasteiger charge is 2.39. The summed E-state index contributed by atoms with van der Waals surface area (Å²) in [6.07, 6.45) is 3.37. The molecule has 1 N–H and O–H groups in total. The molecule has 1 heterocycles. The molecule has 0 radical (unpaired) electrons. The Kier molecular flexibility index (Phi) is 6.82. The number of hydrogen-bond acceptors (Lipinski definition) is 7. The highest BCUT2D eigenvalue weighted by Crippen LogP contribution is 2.30. The van der Waals surface area contributed by atoms with Gasteiger partial charge in [0.2, 0.25) is 0 Å². The number of aliphatic hydroxyl groups excluding tert-OH is 1. The van der Waals surface area contributed by atoms with E-state index in [4.69, 9.17) is 14.3 Å². The van der Waals surface area contributed by atoms with E-state index >= 15 is 0 Å². The Morgan fingerprint density at radius 1 is 1.12 bits per heavy atom. The molecular weight excluding hydrogens is 326 g/mol. The lowest BCUT2D eigenvalue weighted by Crippen LogP contribution is -2.47. The van der Waals surface area contributed by atoms with Gasteiger partial charge in [-0.2, -0.15) is 5.06 Å². The molecule has 1 saturated carbocycles. The van der Waals surface area contributed by atoms with Gasteiger partial charge in [0, 0.05) is 6.54 Å². The van der Waals surface area contributed by atoms with Crippen LogP contribution < -0.4 is 0 Å². The summed E-state index contributed by atoms with van der Waals surface area (Å²) in [5.74, 6) is -0.813. The molecule has 0 spiro atoms. The van der Waals surface area contributed by atoms with E-state index in [2.05, 4.69) is 0 Å². The molecule has 0 bridgehead atoms. The Hall–Kier alpha value is -1.18. The minimum Gasteiger partial charge on any atom is -0.469 e. The molecule has 1 aliphatic carbocycles. The van der Waals surface area contributed by atoms with E-state index < -0.39 is 17.7 Å². The quantitative estimate of drug-likeness (QED) is 0.751. The fourth-order valence-electron chi connectivity index (χ4n) is 3.49. The van der Waals surface area contributed by atoms with Crippen molar-refractivity contribution in [2.24, 2.45) is 5.92 Å². The standard InChI is InChI=1S/C18H31NO6/c1-18(2,3)24-17(22)15(20)14-6-5-11-19(14)25-13-9-7-12(8-10-13)16(21)23-4/h12-15,20H,5-11H2,1-4H3. The molecule has 2 rings (SSSR count). The molecular formula is C18H31NO6. The molecule has 0 aromatic carbocycles. The third kappa shape index (κ3) is 5.66. The van der Waals surface area contributed by atoms with Crippen molar-refractivity contribution in [1.82, 2.24) is 5.06 Å². The van der Waals surface area contributed by atoms with Crippen LogP contribution in [0.15, 0.2) is 0 Å². The second kappa shape index (κ2) is 8.47. The van der Waals surface area contributed by atoms with Crippen molar-refractivity contribution in [3.8, 4) is 0 Å².